The van der Waals surface area contributed by atoms with Crippen LogP contribution in [0, 0.1) is 6.92 Å². The first-order valence-corrected chi connectivity index (χ1v) is 8.93. The zero-order valence-electron chi connectivity index (χ0n) is 15.1. The van der Waals surface area contributed by atoms with Gasteiger partial charge in [0.25, 0.3) is 0 Å². The SMILES string of the molecule is CC(=O)C1=C(C)NC(=S)NC1c1ccccc1OCc1ccccc1C. The van der Waals surface area contributed by atoms with Crippen molar-refractivity contribution >= 4 is 23.1 Å². The third-order valence-corrected chi connectivity index (χ3v) is 4.74. The number of aryl methyl sites for hydroxylation is 1. The fraction of sp³-hybridized carbons (Fsp3) is 0.238. The smallest absolute Gasteiger partial charge is 0.171 e. The number of allylic oxidation sites excluding steroid dienone is 1. The van der Waals surface area contributed by atoms with Gasteiger partial charge in [0.05, 0.1) is 6.04 Å². The molecule has 1 atom stereocenters. The normalized spacial score (nSPS) is 16.7. The molecule has 2 aromatic rings. The van der Waals surface area contributed by atoms with Gasteiger partial charge in [-0.05, 0) is 50.2 Å². The number of ether oxygens (including phenoxy) is 1. The molecule has 2 aromatic carbocycles. The number of hydrogen-bond donors (Lipinski definition) is 2. The van der Waals surface area contributed by atoms with Crippen LogP contribution in [-0.2, 0) is 11.4 Å². The minimum atomic E-state index is -0.325. The molecule has 1 heterocycles. The third kappa shape index (κ3) is 3.78. The van der Waals surface area contributed by atoms with Crippen LogP contribution in [0.4, 0.5) is 0 Å². The predicted molar refractivity (Wildman–Crippen MR) is 107 cm³/mol. The van der Waals surface area contributed by atoms with Gasteiger partial charge in [-0.15, -0.1) is 0 Å². The molecule has 26 heavy (non-hydrogen) atoms. The van der Waals surface area contributed by atoms with Gasteiger partial charge in [0.1, 0.15) is 12.4 Å². The second kappa shape index (κ2) is 7.70. The molecule has 0 radical (unpaired) electrons. The summed E-state index contributed by atoms with van der Waals surface area (Å²) in [5, 5.41) is 6.75. The molecule has 0 amide bonds. The lowest BCUT2D eigenvalue weighted by Crippen LogP contribution is -2.44. The van der Waals surface area contributed by atoms with Crippen molar-refractivity contribution in [2.24, 2.45) is 0 Å². The molecule has 134 valence electrons. The summed E-state index contributed by atoms with van der Waals surface area (Å²) in [4.78, 5) is 12.2. The van der Waals surface area contributed by atoms with E-state index in [9.17, 15) is 4.79 Å². The molecule has 0 aliphatic carbocycles. The number of nitrogens with one attached hydrogen (secondary N) is 2. The molecule has 0 aromatic heterocycles. The van der Waals surface area contributed by atoms with Crippen LogP contribution in [0.2, 0.25) is 0 Å². The summed E-state index contributed by atoms with van der Waals surface area (Å²) in [6.45, 7) is 5.97. The minimum Gasteiger partial charge on any atom is -0.489 e. The number of hydrogen-bond acceptors (Lipinski definition) is 3. The van der Waals surface area contributed by atoms with Gasteiger partial charge in [-0.2, -0.15) is 0 Å². The Kier molecular flexibility index (Phi) is 5.38. The average molecular weight is 366 g/mol. The van der Waals surface area contributed by atoms with E-state index in [2.05, 4.69) is 29.7 Å². The highest BCUT2D eigenvalue weighted by Gasteiger charge is 2.29. The predicted octanol–water partition coefficient (Wildman–Crippen LogP) is 3.96. The highest BCUT2D eigenvalue weighted by molar-refractivity contribution is 7.80. The number of para-hydroxylation sites is 1. The van der Waals surface area contributed by atoms with Crippen molar-refractivity contribution in [2.45, 2.75) is 33.4 Å². The number of carbonyl (C=O) groups is 1. The van der Waals surface area contributed by atoms with Gasteiger partial charge >= 0.3 is 0 Å². The van der Waals surface area contributed by atoms with E-state index in [1.54, 1.807) is 6.92 Å². The minimum absolute atomic E-state index is 0.00343. The molecule has 0 spiro atoms. The fourth-order valence-corrected chi connectivity index (χ4v) is 3.44. The second-order valence-corrected chi connectivity index (χ2v) is 6.79. The van der Waals surface area contributed by atoms with Gasteiger partial charge < -0.3 is 15.4 Å². The van der Waals surface area contributed by atoms with E-state index in [4.69, 9.17) is 17.0 Å². The Morgan fingerprint density at radius 2 is 1.81 bits per heavy atom. The summed E-state index contributed by atoms with van der Waals surface area (Å²) < 4.78 is 6.12. The van der Waals surface area contributed by atoms with Crippen LogP contribution in [0.5, 0.6) is 5.75 Å². The van der Waals surface area contributed by atoms with Crippen molar-refractivity contribution in [1.82, 2.24) is 10.6 Å². The molecule has 0 saturated carbocycles. The monoisotopic (exact) mass is 366 g/mol. The Bertz CT molecular complexity index is 889. The lowest BCUT2D eigenvalue weighted by molar-refractivity contribution is -0.114. The summed E-state index contributed by atoms with van der Waals surface area (Å²) in [5.74, 6) is 0.744. The van der Waals surface area contributed by atoms with Gasteiger partial charge in [0.15, 0.2) is 10.9 Å². The molecule has 3 rings (SSSR count). The van der Waals surface area contributed by atoms with E-state index in [0.717, 1.165) is 22.6 Å². The molecular formula is C21H22N2O2S. The third-order valence-electron chi connectivity index (χ3n) is 4.52. The van der Waals surface area contributed by atoms with Crippen molar-refractivity contribution in [2.75, 3.05) is 0 Å². The van der Waals surface area contributed by atoms with E-state index in [0.29, 0.717) is 17.3 Å². The number of thiocarbonyl (C=S) groups is 1. The van der Waals surface area contributed by atoms with Crippen LogP contribution in [-0.4, -0.2) is 10.9 Å². The maximum Gasteiger partial charge on any atom is 0.171 e. The van der Waals surface area contributed by atoms with Crippen LogP contribution in [0.15, 0.2) is 59.8 Å². The van der Waals surface area contributed by atoms with Crippen molar-refractivity contribution < 1.29 is 9.53 Å². The molecule has 0 bridgehead atoms. The van der Waals surface area contributed by atoms with E-state index in [-0.39, 0.29) is 11.8 Å². The van der Waals surface area contributed by atoms with Crippen molar-refractivity contribution in [3.8, 4) is 5.75 Å². The maximum absolute atomic E-state index is 12.2. The quantitative estimate of drug-likeness (QED) is 0.785. The number of rotatable bonds is 5. The molecule has 0 fully saturated rings. The highest BCUT2D eigenvalue weighted by Crippen LogP contribution is 2.33. The first-order chi connectivity index (χ1) is 12.5. The van der Waals surface area contributed by atoms with E-state index < -0.39 is 0 Å². The largest absolute Gasteiger partial charge is 0.489 e. The van der Waals surface area contributed by atoms with Gasteiger partial charge in [-0.1, -0.05) is 42.5 Å². The van der Waals surface area contributed by atoms with Gasteiger partial charge in [-0.25, -0.2) is 0 Å². The Balaban J connectivity index is 1.93. The van der Waals surface area contributed by atoms with Crippen LogP contribution in [0.25, 0.3) is 0 Å². The Hall–Kier alpha value is -2.66. The molecule has 5 heteroatoms. The topological polar surface area (TPSA) is 50.4 Å². The van der Waals surface area contributed by atoms with Crippen molar-refractivity contribution in [1.29, 1.82) is 0 Å². The second-order valence-electron chi connectivity index (χ2n) is 6.38. The van der Waals surface area contributed by atoms with Gasteiger partial charge in [-0.3, -0.25) is 4.79 Å². The lowest BCUT2D eigenvalue weighted by atomic mass is 9.92. The zero-order chi connectivity index (χ0) is 18.7. The lowest BCUT2D eigenvalue weighted by Gasteiger charge is -2.30. The molecule has 1 aliphatic heterocycles. The van der Waals surface area contributed by atoms with Crippen molar-refractivity contribution in [3.05, 3.63) is 76.5 Å². The molecule has 1 unspecified atom stereocenters. The molecule has 4 nitrogen and oxygen atoms in total. The van der Waals surface area contributed by atoms with E-state index in [1.807, 2.05) is 43.3 Å². The fourth-order valence-electron chi connectivity index (χ4n) is 3.17. The summed E-state index contributed by atoms with van der Waals surface area (Å²) in [6.07, 6.45) is 0. The molecular weight excluding hydrogens is 344 g/mol. The van der Waals surface area contributed by atoms with Gasteiger partial charge in [0, 0.05) is 16.8 Å². The molecule has 2 N–H and O–H groups in total. The standard InChI is InChI=1S/C21H22N2O2S/c1-13-8-4-5-9-16(13)12-25-18-11-7-6-10-17(18)20-19(15(3)24)14(2)22-21(26)23-20/h4-11,20H,12H2,1-3H3,(H2,22,23,26). The maximum atomic E-state index is 12.2. The van der Waals surface area contributed by atoms with Crippen LogP contribution >= 0.6 is 12.2 Å². The first-order valence-electron chi connectivity index (χ1n) is 8.53. The van der Waals surface area contributed by atoms with E-state index in [1.165, 1.54) is 5.56 Å². The Morgan fingerprint density at radius 3 is 2.54 bits per heavy atom. The zero-order valence-corrected chi connectivity index (χ0v) is 15.9. The van der Waals surface area contributed by atoms with Crippen LogP contribution < -0.4 is 15.4 Å². The Morgan fingerprint density at radius 1 is 1.12 bits per heavy atom. The molecule has 0 saturated heterocycles. The van der Waals surface area contributed by atoms with Crippen LogP contribution in [0.3, 0.4) is 0 Å². The van der Waals surface area contributed by atoms with Crippen LogP contribution in [0.1, 0.15) is 36.6 Å². The molecule has 1 aliphatic rings. The summed E-state index contributed by atoms with van der Waals surface area (Å²) in [6, 6.07) is 15.6. The average Bonchev–Trinajstić information content (AvgIpc) is 2.60. The number of benzene rings is 2. The summed E-state index contributed by atoms with van der Waals surface area (Å²) >= 11 is 5.29. The highest BCUT2D eigenvalue weighted by atomic mass is 32.1. The van der Waals surface area contributed by atoms with Gasteiger partial charge in [0.2, 0.25) is 0 Å². The van der Waals surface area contributed by atoms with Crippen molar-refractivity contribution in [3.63, 3.8) is 0 Å². The number of carbonyl (C=O) groups excluding carboxylic acids is 1. The first kappa shape index (κ1) is 18.1. The van der Waals surface area contributed by atoms with E-state index >= 15 is 0 Å². The number of Topliss-reactive ketones (excluding diaryl/α,β-unsaturated/α-hetero) is 1. The Labute approximate surface area is 159 Å². The summed E-state index contributed by atoms with van der Waals surface area (Å²) in [5.41, 5.74) is 4.67. The summed E-state index contributed by atoms with van der Waals surface area (Å²) in [7, 11) is 0. The number of ketones is 1.